The van der Waals surface area contributed by atoms with Crippen LogP contribution >= 0.6 is 0 Å². The Morgan fingerprint density at radius 1 is 1.08 bits per heavy atom. The van der Waals surface area contributed by atoms with E-state index in [4.69, 9.17) is 0 Å². The minimum Gasteiger partial charge on any atom is -0.372 e. The SMILES string of the molecule is Cc1cc(NC(=O)N(C)CCN(C)c2c(C)cncc2C)ccc1F. The van der Waals surface area contributed by atoms with Gasteiger partial charge in [0.25, 0.3) is 0 Å². The van der Waals surface area contributed by atoms with Gasteiger partial charge in [0.2, 0.25) is 0 Å². The molecular weight excluding hydrogens is 319 g/mol. The van der Waals surface area contributed by atoms with Crippen molar-refractivity contribution in [3.05, 3.63) is 53.1 Å². The van der Waals surface area contributed by atoms with E-state index in [9.17, 15) is 9.18 Å². The maximum Gasteiger partial charge on any atom is 0.321 e. The quantitative estimate of drug-likeness (QED) is 0.899. The summed E-state index contributed by atoms with van der Waals surface area (Å²) in [4.78, 5) is 20.2. The van der Waals surface area contributed by atoms with Gasteiger partial charge in [-0.2, -0.15) is 0 Å². The summed E-state index contributed by atoms with van der Waals surface area (Å²) in [7, 11) is 3.75. The summed E-state index contributed by atoms with van der Waals surface area (Å²) in [5.74, 6) is -0.281. The van der Waals surface area contributed by atoms with E-state index in [1.807, 2.05) is 33.3 Å². The molecule has 0 fully saturated rings. The number of aryl methyl sites for hydroxylation is 3. The van der Waals surface area contributed by atoms with Crippen LogP contribution in [0.2, 0.25) is 0 Å². The van der Waals surface area contributed by atoms with E-state index in [1.165, 1.54) is 6.07 Å². The zero-order chi connectivity index (χ0) is 18.6. The van der Waals surface area contributed by atoms with E-state index in [1.54, 1.807) is 31.0 Å². The lowest BCUT2D eigenvalue weighted by molar-refractivity contribution is 0.223. The van der Waals surface area contributed by atoms with Gasteiger partial charge in [-0.1, -0.05) is 0 Å². The van der Waals surface area contributed by atoms with Gasteiger partial charge in [0.1, 0.15) is 5.82 Å². The van der Waals surface area contributed by atoms with Crippen LogP contribution in [0.1, 0.15) is 16.7 Å². The third-order valence-corrected chi connectivity index (χ3v) is 4.19. The first-order valence-electron chi connectivity index (χ1n) is 8.20. The number of carbonyl (C=O) groups is 1. The van der Waals surface area contributed by atoms with Crippen molar-refractivity contribution in [2.24, 2.45) is 0 Å². The number of nitrogens with zero attached hydrogens (tertiary/aromatic N) is 3. The van der Waals surface area contributed by atoms with E-state index >= 15 is 0 Å². The topological polar surface area (TPSA) is 48.5 Å². The van der Waals surface area contributed by atoms with Crippen LogP contribution in [-0.4, -0.2) is 43.1 Å². The third-order valence-electron chi connectivity index (χ3n) is 4.19. The Bertz CT molecular complexity index is 743. The van der Waals surface area contributed by atoms with Gasteiger partial charge in [0.05, 0.1) is 0 Å². The molecule has 0 aliphatic heterocycles. The highest BCUT2D eigenvalue weighted by atomic mass is 19.1. The Kier molecular flexibility index (Phi) is 5.96. The van der Waals surface area contributed by atoms with Crippen LogP contribution in [0, 0.1) is 26.6 Å². The van der Waals surface area contributed by atoms with Crippen LogP contribution in [0.25, 0.3) is 0 Å². The van der Waals surface area contributed by atoms with Gasteiger partial charge in [-0.25, -0.2) is 9.18 Å². The van der Waals surface area contributed by atoms with Crippen LogP contribution in [0.15, 0.2) is 30.6 Å². The normalized spacial score (nSPS) is 10.5. The van der Waals surface area contributed by atoms with Crippen molar-refractivity contribution in [3.8, 4) is 0 Å². The second kappa shape index (κ2) is 7.96. The molecule has 6 heteroatoms. The second-order valence-electron chi connectivity index (χ2n) is 6.36. The molecule has 1 heterocycles. The molecule has 2 aromatic rings. The molecular formula is C19H25FN4O. The molecule has 1 aromatic heterocycles. The van der Waals surface area contributed by atoms with Crippen molar-refractivity contribution in [2.75, 3.05) is 37.4 Å². The molecule has 0 radical (unpaired) electrons. The Labute approximate surface area is 148 Å². The van der Waals surface area contributed by atoms with Crippen LogP contribution in [0.4, 0.5) is 20.6 Å². The van der Waals surface area contributed by atoms with E-state index < -0.39 is 0 Å². The predicted molar refractivity (Wildman–Crippen MR) is 99.8 cm³/mol. The van der Waals surface area contributed by atoms with Gasteiger partial charge in [-0.15, -0.1) is 0 Å². The fourth-order valence-corrected chi connectivity index (χ4v) is 2.75. The lowest BCUT2D eigenvalue weighted by atomic mass is 10.1. The monoisotopic (exact) mass is 344 g/mol. The van der Waals surface area contributed by atoms with Crippen molar-refractivity contribution in [1.29, 1.82) is 0 Å². The van der Waals surface area contributed by atoms with Gasteiger partial charge in [-0.05, 0) is 55.7 Å². The molecule has 1 N–H and O–H groups in total. The molecule has 0 saturated carbocycles. The summed E-state index contributed by atoms with van der Waals surface area (Å²) in [6.07, 6.45) is 3.68. The molecule has 2 amide bonds. The van der Waals surface area contributed by atoms with Crippen molar-refractivity contribution in [3.63, 3.8) is 0 Å². The first-order chi connectivity index (χ1) is 11.8. The van der Waals surface area contributed by atoms with Crippen LogP contribution in [0.5, 0.6) is 0 Å². The molecule has 1 aromatic carbocycles. The third kappa shape index (κ3) is 4.68. The number of carbonyl (C=O) groups excluding carboxylic acids is 1. The van der Waals surface area contributed by atoms with E-state index in [2.05, 4.69) is 15.2 Å². The molecule has 0 spiro atoms. The number of halogens is 1. The number of pyridine rings is 1. The molecule has 2 rings (SSSR count). The minimum atomic E-state index is -0.281. The number of anilines is 2. The van der Waals surface area contributed by atoms with Gasteiger partial charge < -0.3 is 15.1 Å². The number of rotatable bonds is 5. The average Bonchev–Trinajstić information content (AvgIpc) is 2.55. The number of aromatic nitrogens is 1. The average molecular weight is 344 g/mol. The van der Waals surface area contributed by atoms with Gasteiger partial charge >= 0.3 is 6.03 Å². The van der Waals surface area contributed by atoms with Crippen molar-refractivity contribution >= 4 is 17.4 Å². The fourth-order valence-electron chi connectivity index (χ4n) is 2.75. The molecule has 25 heavy (non-hydrogen) atoms. The van der Waals surface area contributed by atoms with Gasteiger partial charge in [-0.3, -0.25) is 4.98 Å². The summed E-state index contributed by atoms with van der Waals surface area (Å²) in [6, 6.07) is 4.32. The molecule has 0 atom stereocenters. The Hall–Kier alpha value is -2.63. The summed E-state index contributed by atoms with van der Waals surface area (Å²) in [6.45, 7) is 6.98. The molecule has 0 aliphatic rings. The number of nitrogens with one attached hydrogen (secondary N) is 1. The second-order valence-corrected chi connectivity index (χ2v) is 6.36. The number of urea groups is 1. The summed E-state index contributed by atoms with van der Waals surface area (Å²) >= 11 is 0. The Morgan fingerprint density at radius 2 is 1.72 bits per heavy atom. The molecule has 0 aliphatic carbocycles. The Morgan fingerprint density at radius 3 is 2.32 bits per heavy atom. The molecule has 5 nitrogen and oxygen atoms in total. The molecule has 0 unspecified atom stereocenters. The first-order valence-corrected chi connectivity index (χ1v) is 8.20. The highest BCUT2D eigenvalue weighted by Crippen LogP contribution is 2.21. The summed E-state index contributed by atoms with van der Waals surface area (Å²) in [5, 5.41) is 2.79. The zero-order valence-corrected chi connectivity index (χ0v) is 15.4. The van der Waals surface area contributed by atoms with Crippen molar-refractivity contribution < 1.29 is 9.18 Å². The van der Waals surface area contributed by atoms with E-state index in [-0.39, 0.29) is 11.8 Å². The minimum absolute atomic E-state index is 0.220. The molecule has 134 valence electrons. The zero-order valence-electron chi connectivity index (χ0n) is 15.4. The van der Waals surface area contributed by atoms with Gasteiger partial charge in [0.15, 0.2) is 0 Å². The number of hydrogen-bond acceptors (Lipinski definition) is 3. The van der Waals surface area contributed by atoms with Crippen LogP contribution in [-0.2, 0) is 0 Å². The van der Waals surface area contributed by atoms with E-state index in [0.29, 0.717) is 24.3 Å². The molecule has 0 saturated heterocycles. The van der Waals surface area contributed by atoms with Crippen molar-refractivity contribution in [2.45, 2.75) is 20.8 Å². The highest BCUT2D eigenvalue weighted by Gasteiger charge is 2.13. The summed E-state index contributed by atoms with van der Waals surface area (Å²) in [5.41, 5.74) is 4.44. The number of benzene rings is 1. The lowest BCUT2D eigenvalue weighted by Crippen LogP contribution is -2.37. The smallest absolute Gasteiger partial charge is 0.321 e. The van der Waals surface area contributed by atoms with Gasteiger partial charge in [0, 0.05) is 51.0 Å². The largest absolute Gasteiger partial charge is 0.372 e. The lowest BCUT2D eigenvalue weighted by Gasteiger charge is -2.26. The number of likely N-dealkylation sites (N-methyl/N-ethyl adjacent to an activating group) is 2. The van der Waals surface area contributed by atoms with Crippen molar-refractivity contribution in [1.82, 2.24) is 9.88 Å². The maximum atomic E-state index is 13.3. The standard InChI is InChI=1S/C19H25FN4O/c1-13-10-16(6-7-17(13)20)22-19(25)24(5)9-8-23(4)18-14(2)11-21-12-15(18)3/h6-7,10-12H,8-9H2,1-5H3,(H,22,25). The molecule has 0 bridgehead atoms. The predicted octanol–water partition coefficient (Wildman–Crippen LogP) is 3.75. The van der Waals surface area contributed by atoms with E-state index in [0.717, 1.165) is 16.8 Å². The number of hydrogen-bond donors (Lipinski definition) is 1. The van der Waals surface area contributed by atoms with Crippen LogP contribution in [0.3, 0.4) is 0 Å². The Balaban J connectivity index is 1.93. The fraction of sp³-hybridized carbons (Fsp3) is 0.368. The first kappa shape index (κ1) is 18.7. The number of amides is 2. The maximum absolute atomic E-state index is 13.3. The summed E-state index contributed by atoms with van der Waals surface area (Å²) < 4.78 is 13.3. The highest BCUT2D eigenvalue weighted by molar-refractivity contribution is 5.89. The van der Waals surface area contributed by atoms with Crippen LogP contribution < -0.4 is 10.2 Å².